The summed E-state index contributed by atoms with van der Waals surface area (Å²) >= 11 is 3.46. The van der Waals surface area contributed by atoms with E-state index in [0.29, 0.717) is 6.42 Å². The SMILES string of the molecule is CCC(O)CCc1cn(C2CCC(C(=O)NC(CC)c3ccc(Br)cc3)C2)nn1. The summed E-state index contributed by atoms with van der Waals surface area (Å²) < 4.78 is 2.95. The largest absolute Gasteiger partial charge is 0.393 e. The number of carbonyl (C=O) groups excluding carboxylic acids is 1. The van der Waals surface area contributed by atoms with Crippen LogP contribution in [0.4, 0.5) is 0 Å². The molecule has 2 N–H and O–H groups in total. The van der Waals surface area contributed by atoms with Gasteiger partial charge in [0.05, 0.1) is 23.9 Å². The lowest BCUT2D eigenvalue weighted by Crippen LogP contribution is -2.33. The Morgan fingerprint density at radius 1 is 1.28 bits per heavy atom. The molecule has 0 radical (unpaired) electrons. The number of amides is 1. The van der Waals surface area contributed by atoms with E-state index in [0.717, 1.165) is 54.3 Å². The van der Waals surface area contributed by atoms with Gasteiger partial charge in [-0.3, -0.25) is 4.79 Å². The van der Waals surface area contributed by atoms with Gasteiger partial charge in [-0.25, -0.2) is 4.68 Å². The maximum absolute atomic E-state index is 12.9. The van der Waals surface area contributed by atoms with Gasteiger partial charge in [-0.1, -0.05) is 47.1 Å². The molecular formula is C22H31BrN4O2. The van der Waals surface area contributed by atoms with Gasteiger partial charge in [0.15, 0.2) is 0 Å². The second kappa shape index (κ2) is 10.3. The van der Waals surface area contributed by atoms with Crippen molar-refractivity contribution in [3.8, 4) is 0 Å². The minimum absolute atomic E-state index is 0.0130. The minimum Gasteiger partial charge on any atom is -0.393 e. The molecule has 1 fully saturated rings. The number of hydrogen-bond acceptors (Lipinski definition) is 4. The summed E-state index contributed by atoms with van der Waals surface area (Å²) in [5.41, 5.74) is 2.04. The first-order chi connectivity index (χ1) is 14.0. The van der Waals surface area contributed by atoms with E-state index in [2.05, 4.69) is 50.6 Å². The lowest BCUT2D eigenvalue weighted by molar-refractivity contribution is -0.125. The second-order valence-electron chi connectivity index (χ2n) is 7.98. The second-order valence-corrected chi connectivity index (χ2v) is 8.89. The Labute approximate surface area is 181 Å². The quantitative estimate of drug-likeness (QED) is 0.580. The van der Waals surface area contributed by atoms with Crippen LogP contribution in [0.5, 0.6) is 0 Å². The summed E-state index contributed by atoms with van der Waals surface area (Å²) in [6.07, 6.45) is 7.36. The predicted molar refractivity (Wildman–Crippen MR) is 116 cm³/mol. The molecule has 29 heavy (non-hydrogen) atoms. The van der Waals surface area contributed by atoms with Crippen molar-refractivity contribution in [1.82, 2.24) is 20.3 Å². The number of nitrogens with one attached hydrogen (secondary N) is 1. The highest BCUT2D eigenvalue weighted by molar-refractivity contribution is 9.10. The van der Waals surface area contributed by atoms with Gasteiger partial charge in [-0.15, -0.1) is 5.10 Å². The Hall–Kier alpha value is -1.73. The lowest BCUT2D eigenvalue weighted by Gasteiger charge is -2.20. The molecule has 1 heterocycles. The zero-order valence-corrected chi connectivity index (χ0v) is 18.8. The van der Waals surface area contributed by atoms with Crippen LogP contribution >= 0.6 is 15.9 Å². The van der Waals surface area contributed by atoms with E-state index in [9.17, 15) is 9.90 Å². The molecule has 1 amide bonds. The van der Waals surface area contributed by atoms with Crippen molar-refractivity contribution in [3.05, 3.63) is 46.2 Å². The Kier molecular flexibility index (Phi) is 7.84. The highest BCUT2D eigenvalue weighted by atomic mass is 79.9. The molecule has 1 aliphatic carbocycles. The van der Waals surface area contributed by atoms with Gasteiger partial charge in [0, 0.05) is 16.6 Å². The van der Waals surface area contributed by atoms with Gasteiger partial charge in [-0.05, 0) is 62.6 Å². The molecule has 4 atom stereocenters. The molecule has 6 nitrogen and oxygen atoms in total. The van der Waals surface area contributed by atoms with Gasteiger partial charge < -0.3 is 10.4 Å². The van der Waals surface area contributed by atoms with Crippen molar-refractivity contribution in [3.63, 3.8) is 0 Å². The number of aromatic nitrogens is 3. The van der Waals surface area contributed by atoms with Crippen LogP contribution in [0.3, 0.4) is 0 Å². The zero-order valence-electron chi connectivity index (χ0n) is 17.2. The normalized spacial score (nSPS) is 21.1. The average molecular weight is 463 g/mol. The zero-order chi connectivity index (χ0) is 20.8. The fourth-order valence-corrected chi connectivity index (χ4v) is 4.23. The third-order valence-corrected chi connectivity index (χ3v) is 6.44. The van der Waals surface area contributed by atoms with Crippen LogP contribution < -0.4 is 5.32 Å². The predicted octanol–water partition coefficient (Wildman–Crippen LogP) is 4.35. The van der Waals surface area contributed by atoms with Gasteiger partial charge >= 0.3 is 0 Å². The van der Waals surface area contributed by atoms with Gasteiger partial charge in [-0.2, -0.15) is 0 Å². The smallest absolute Gasteiger partial charge is 0.223 e. The maximum atomic E-state index is 12.9. The number of benzene rings is 1. The van der Waals surface area contributed by atoms with Crippen LogP contribution in [-0.2, 0) is 11.2 Å². The van der Waals surface area contributed by atoms with Crippen LogP contribution in [0.2, 0.25) is 0 Å². The number of aliphatic hydroxyl groups excluding tert-OH is 1. The van der Waals surface area contributed by atoms with Crippen LogP contribution in [0, 0.1) is 5.92 Å². The lowest BCUT2D eigenvalue weighted by atomic mass is 10.0. The molecule has 0 spiro atoms. The molecule has 0 saturated heterocycles. The van der Waals surface area contributed by atoms with Crippen molar-refractivity contribution in [1.29, 1.82) is 0 Å². The molecule has 1 aromatic carbocycles. The Bertz CT molecular complexity index is 792. The number of hydrogen-bond donors (Lipinski definition) is 2. The summed E-state index contributed by atoms with van der Waals surface area (Å²) in [5, 5.41) is 21.5. The molecule has 0 aliphatic heterocycles. The molecule has 1 saturated carbocycles. The molecule has 158 valence electrons. The fourth-order valence-electron chi connectivity index (χ4n) is 3.97. The number of halogens is 1. The van der Waals surface area contributed by atoms with E-state index >= 15 is 0 Å². The molecular weight excluding hydrogens is 432 g/mol. The summed E-state index contributed by atoms with van der Waals surface area (Å²) in [6.45, 7) is 4.07. The number of rotatable bonds is 9. The third kappa shape index (κ3) is 5.89. The van der Waals surface area contributed by atoms with Crippen LogP contribution in [0.1, 0.15) is 75.7 Å². The molecule has 3 rings (SSSR count). The van der Waals surface area contributed by atoms with E-state index in [1.807, 2.05) is 29.9 Å². The number of aliphatic hydroxyl groups is 1. The van der Waals surface area contributed by atoms with Crippen molar-refractivity contribution >= 4 is 21.8 Å². The molecule has 0 bridgehead atoms. The monoisotopic (exact) mass is 462 g/mol. The number of nitrogens with zero attached hydrogens (tertiary/aromatic N) is 3. The topological polar surface area (TPSA) is 80.0 Å². The van der Waals surface area contributed by atoms with Gasteiger partial charge in [0.25, 0.3) is 0 Å². The number of aryl methyl sites for hydroxylation is 1. The van der Waals surface area contributed by atoms with Crippen LogP contribution in [-0.4, -0.2) is 32.1 Å². The van der Waals surface area contributed by atoms with E-state index < -0.39 is 0 Å². The average Bonchev–Trinajstić information content (AvgIpc) is 3.40. The summed E-state index contributed by atoms with van der Waals surface area (Å²) in [5.74, 6) is 0.146. The minimum atomic E-state index is -0.281. The van der Waals surface area contributed by atoms with E-state index in [1.54, 1.807) is 0 Å². The van der Waals surface area contributed by atoms with Crippen molar-refractivity contribution in [2.45, 2.75) is 77.0 Å². The Morgan fingerprint density at radius 2 is 2.03 bits per heavy atom. The molecule has 1 aliphatic rings. The van der Waals surface area contributed by atoms with Crippen molar-refractivity contribution < 1.29 is 9.90 Å². The third-order valence-electron chi connectivity index (χ3n) is 5.91. The highest BCUT2D eigenvalue weighted by Crippen LogP contribution is 2.35. The van der Waals surface area contributed by atoms with Gasteiger partial charge in [0.2, 0.25) is 5.91 Å². The van der Waals surface area contributed by atoms with E-state index in [-0.39, 0.29) is 30.0 Å². The standard InChI is InChI=1S/C22H31BrN4O2/c1-3-20(28)12-10-18-14-27(26-25-18)19-11-7-16(13-19)22(29)24-21(4-2)15-5-8-17(23)9-6-15/h5-6,8-9,14,16,19-21,28H,3-4,7,10-13H2,1-2H3,(H,24,29). The summed E-state index contributed by atoms with van der Waals surface area (Å²) in [6, 6.07) is 8.40. The molecule has 2 aromatic rings. The van der Waals surface area contributed by atoms with Crippen molar-refractivity contribution in [2.75, 3.05) is 0 Å². The summed E-state index contributed by atoms with van der Waals surface area (Å²) in [7, 11) is 0. The Morgan fingerprint density at radius 3 is 2.72 bits per heavy atom. The first-order valence-electron chi connectivity index (χ1n) is 10.6. The van der Waals surface area contributed by atoms with E-state index in [4.69, 9.17) is 0 Å². The highest BCUT2D eigenvalue weighted by Gasteiger charge is 2.32. The fraction of sp³-hybridized carbons (Fsp3) is 0.591. The van der Waals surface area contributed by atoms with Crippen LogP contribution in [0.25, 0.3) is 0 Å². The van der Waals surface area contributed by atoms with Crippen LogP contribution in [0.15, 0.2) is 34.9 Å². The van der Waals surface area contributed by atoms with Gasteiger partial charge in [0.1, 0.15) is 0 Å². The van der Waals surface area contributed by atoms with E-state index in [1.165, 1.54) is 0 Å². The first kappa shape index (κ1) is 22.0. The first-order valence-corrected chi connectivity index (χ1v) is 11.4. The Balaban J connectivity index is 1.54. The maximum Gasteiger partial charge on any atom is 0.223 e. The summed E-state index contributed by atoms with van der Waals surface area (Å²) in [4.78, 5) is 12.9. The molecule has 1 aromatic heterocycles. The number of carbonyl (C=O) groups is 1. The van der Waals surface area contributed by atoms with Crippen molar-refractivity contribution in [2.24, 2.45) is 5.92 Å². The molecule has 7 heteroatoms. The molecule has 4 unspecified atom stereocenters.